The molecule has 1 N–H and O–H groups in total. The molecule has 0 spiro atoms. The lowest BCUT2D eigenvalue weighted by atomic mass is 9.75. The molecule has 0 bridgehead atoms. The molecule has 3 aromatic rings. The molecule has 0 unspecified atom stereocenters. The Morgan fingerprint density at radius 1 is 0.822 bits per heavy atom. The molecule has 1 saturated heterocycles. The number of amides is 1. The molecular weight excluding hydrogens is 557 g/mol. The molecule has 1 fully saturated rings. The molecule has 2 aliphatic rings. The summed E-state index contributed by atoms with van der Waals surface area (Å²) in [6, 6.07) is 21.4. The number of rotatable bonds is 9. The molecule has 6 heteroatoms. The van der Waals surface area contributed by atoms with Gasteiger partial charge in [0.25, 0.3) is 0 Å². The molecule has 5 rings (SSSR count). The van der Waals surface area contributed by atoms with E-state index in [1.54, 1.807) is 0 Å². The zero-order valence-corrected chi connectivity index (χ0v) is 28.8. The quantitative estimate of drug-likeness (QED) is 0.246. The second-order valence-corrected chi connectivity index (χ2v) is 14.6. The lowest BCUT2D eigenvalue weighted by molar-refractivity contribution is 0.00578. The summed E-state index contributed by atoms with van der Waals surface area (Å²) < 4.78 is 19.0. The molecule has 45 heavy (non-hydrogen) atoms. The van der Waals surface area contributed by atoms with Gasteiger partial charge in [-0.3, -0.25) is 0 Å². The summed E-state index contributed by atoms with van der Waals surface area (Å²) in [4.78, 5) is 13.3. The van der Waals surface area contributed by atoms with E-state index in [0.717, 1.165) is 5.47 Å². The van der Waals surface area contributed by atoms with E-state index in [1.165, 1.54) is 44.5 Å². The summed E-state index contributed by atoms with van der Waals surface area (Å²) in [5.41, 5.74) is 9.75. The van der Waals surface area contributed by atoms with E-state index in [-0.39, 0.29) is 19.1 Å². The summed E-state index contributed by atoms with van der Waals surface area (Å²) in [5.74, 6) is 1.07. The van der Waals surface area contributed by atoms with E-state index in [4.69, 9.17) is 14.0 Å². The molecule has 238 valence electrons. The number of ether oxygens (including phenoxy) is 1. The number of benzene rings is 3. The summed E-state index contributed by atoms with van der Waals surface area (Å²) >= 11 is 0. The lowest BCUT2D eigenvalue weighted by Crippen LogP contribution is -2.41. The number of carbonyl (C=O) groups excluding carboxylic acids is 1. The number of fused-ring (bicyclic) bond motifs is 3. The zero-order valence-electron chi connectivity index (χ0n) is 28.8. The highest BCUT2D eigenvalue weighted by atomic mass is 16.7. The van der Waals surface area contributed by atoms with Crippen molar-refractivity contribution in [1.82, 2.24) is 5.32 Å². The molecular formula is C39H50BNO4. The van der Waals surface area contributed by atoms with Crippen molar-refractivity contribution in [2.24, 2.45) is 0 Å². The normalized spacial score (nSPS) is 17.3. The minimum absolute atomic E-state index is 0.00271. The highest BCUT2D eigenvalue weighted by Crippen LogP contribution is 2.45. The molecule has 0 atom stereocenters. The van der Waals surface area contributed by atoms with Crippen molar-refractivity contribution in [2.45, 2.75) is 104 Å². The van der Waals surface area contributed by atoms with Crippen LogP contribution in [-0.4, -0.2) is 37.6 Å². The lowest BCUT2D eigenvalue weighted by Gasteiger charge is -2.32. The van der Waals surface area contributed by atoms with Crippen molar-refractivity contribution in [3.8, 4) is 11.1 Å². The maximum absolute atomic E-state index is 13.3. The van der Waals surface area contributed by atoms with Gasteiger partial charge >= 0.3 is 13.2 Å². The maximum Gasteiger partial charge on any atom is 0.492 e. The Kier molecular flexibility index (Phi) is 9.40. The molecule has 1 amide bonds. The van der Waals surface area contributed by atoms with Crippen LogP contribution in [0.15, 0.2) is 66.1 Å². The SMILES string of the molecule is CC(C)c1cc(C(C)C)c(C=C(CNC(=O)OCC2c3ccccc3-c3ccccc32)B2OC(C)(C)C(C)(C)O2)c(C(C)C)c1. The van der Waals surface area contributed by atoms with E-state index in [2.05, 4.69) is 129 Å². The summed E-state index contributed by atoms with van der Waals surface area (Å²) in [6.07, 6.45) is 1.74. The third-order valence-corrected chi connectivity index (χ3v) is 9.84. The Morgan fingerprint density at radius 2 is 1.31 bits per heavy atom. The Balaban J connectivity index is 1.43. The number of nitrogens with one attached hydrogen (secondary N) is 1. The van der Waals surface area contributed by atoms with Crippen molar-refractivity contribution in [3.05, 3.63) is 99.5 Å². The van der Waals surface area contributed by atoms with Crippen LogP contribution in [0.5, 0.6) is 0 Å². The molecule has 1 heterocycles. The van der Waals surface area contributed by atoms with E-state index >= 15 is 0 Å². The first-order valence-corrected chi connectivity index (χ1v) is 16.5. The van der Waals surface area contributed by atoms with Crippen LogP contribution in [0.2, 0.25) is 0 Å². The predicted molar refractivity (Wildman–Crippen MR) is 186 cm³/mol. The highest BCUT2D eigenvalue weighted by molar-refractivity contribution is 6.56. The number of hydrogen-bond acceptors (Lipinski definition) is 4. The van der Waals surface area contributed by atoms with Gasteiger partial charge in [-0.1, -0.05) is 108 Å². The van der Waals surface area contributed by atoms with Gasteiger partial charge in [0.1, 0.15) is 6.61 Å². The number of hydrogen-bond donors (Lipinski definition) is 1. The summed E-state index contributed by atoms with van der Waals surface area (Å²) in [6.45, 7) is 22.2. The van der Waals surface area contributed by atoms with Crippen LogP contribution in [0.25, 0.3) is 17.2 Å². The Hall–Kier alpha value is -3.35. The summed E-state index contributed by atoms with van der Waals surface area (Å²) in [5, 5.41) is 3.04. The topological polar surface area (TPSA) is 56.8 Å². The highest BCUT2D eigenvalue weighted by Gasteiger charge is 2.52. The third kappa shape index (κ3) is 6.64. The van der Waals surface area contributed by atoms with Crippen LogP contribution >= 0.6 is 0 Å². The van der Waals surface area contributed by atoms with Gasteiger partial charge in [0, 0.05) is 12.5 Å². The third-order valence-electron chi connectivity index (χ3n) is 9.84. The fourth-order valence-electron chi connectivity index (χ4n) is 6.38. The van der Waals surface area contributed by atoms with Gasteiger partial charge < -0.3 is 19.4 Å². The van der Waals surface area contributed by atoms with Crippen LogP contribution < -0.4 is 5.32 Å². The van der Waals surface area contributed by atoms with Gasteiger partial charge in [-0.05, 0) is 95.4 Å². The van der Waals surface area contributed by atoms with Crippen LogP contribution in [-0.2, 0) is 14.0 Å². The van der Waals surface area contributed by atoms with Gasteiger partial charge in [0.05, 0.1) is 11.2 Å². The maximum atomic E-state index is 13.3. The van der Waals surface area contributed by atoms with Crippen LogP contribution in [0, 0.1) is 0 Å². The molecule has 0 radical (unpaired) electrons. The first kappa shape index (κ1) is 33.0. The first-order chi connectivity index (χ1) is 21.2. The van der Waals surface area contributed by atoms with E-state index in [0.29, 0.717) is 17.8 Å². The van der Waals surface area contributed by atoms with Gasteiger partial charge in [0.2, 0.25) is 0 Å². The second kappa shape index (κ2) is 12.8. The summed E-state index contributed by atoms with van der Waals surface area (Å²) in [7, 11) is -0.603. The van der Waals surface area contributed by atoms with Crippen LogP contribution in [0.1, 0.15) is 126 Å². The molecule has 0 saturated carbocycles. The predicted octanol–water partition coefficient (Wildman–Crippen LogP) is 9.61. The van der Waals surface area contributed by atoms with Gasteiger partial charge in [-0.2, -0.15) is 0 Å². The van der Waals surface area contributed by atoms with Crippen molar-refractivity contribution >= 4 is 19.3 Å². The zero-order chi connectivity index (χ0) is 32.7. The first-order valence-electron chi connectivity index (χ1n) is 16.5. The Labute approximate surface area is 270 Å². The number of alkyl carbamates (subject to hydrolysis) is 1. The van der Waals surface area contributed by atoms with Gasteiger partial charge in [-0.25, -0.2) is 4.79 Å². The van der Waals surface area contributed by atoms with Gasteiger partial charge in [-0.15, -0.1) is 0 Å². The van der Waals surface area contributed by atoms with Crippen molar-refractivity contribution < 1.29 is 18.8 Å². The fourth-order valence-corrected chi connectivity index (χ4v) is 6.38. The minimum Gasteiger partial charge on any atom is -0.449 e. The molecule has 0 aromatic heterocycles. The Morgan fingerprint density at radius 3 is 1.78 bits per heavy atom. The fraction of sp³-hybridized carbons (Fsp3) is 0.462. The van der Waals surface area contributed by atoms with Crippen molar-refractivity contribution in [3.63, 3.8) is 0 Å². The second-order valence-electron chi connectivity index (χ2n) is 14.6. The smallest absolute Gasteiger partial charge is 0.449 e. The average Bonchev–Trinajstić information content (AvgIpc) is 3.42. The van der Waals surface area contributed by atoms with Gasteiger partial charge in [0.15, 0.2) is 0 Å². The molecule has 3 aromatic carbocycles. The van der Waals surface area contributed by atoms with Crippen molar-refractivity contribution in [2.75, 3.05) is 13.2 Å². The van der Waals surface area contributed by atoms with Crippen LogP contribution in [0.3, 0.4) is 0 Å². The van der Waals surface area contributed by atoms with E-state index in [9.17, 15) is 4.79 Å². The molecule has 5 nitrogen and oxygen atoms in total. The Bertz CT molecular complexity index is 1490. The van der Waals surface area contributed by atoms with Crippen LogP contribution in [0.4, 0.5) is 4.79 Å². The number of carbonyl (C=O) groups is 1. The average molecular weight is 608 g/mol. The standard InChI is InChI=1S/C39H50BNO4/c1-24(2)27-19-33(25(3)4)35(34(20-27)26(5)6)21-28(40-44-38(7,8)39(9,10)45-40)22-41-37(42)43-23-36-31-17-13-11-15-29(31)30-16-12-14-18-32(30)36/h11-21,24-26,36H,22-23H2,1-10H3,(H,41,42). The monoisotopic (exact) mass is 607 g/mol. The van der Waals surface area contributed by atoms with E-state index in [1.807, 2.05) is 12.1 Å². The molecule has 1 aliphatic heterocycles. The minimum atomic E-state index is -0.603. The molecule has 1 aliphatic carbocycles. The van der Waals surface area contributed by atoms with E-state index < -0.39 is 24.4 Å². The largest absolute Gasteiger partial charge is 0.492 e. The van der Waals surface area contributed by atoms with Crippen molar-refractivity contribution in [1.29, 1.82) is 0 Å².